The largest absolute Gasteiger partial charge is 0.462 e. The molecule has 3 N–H and O–H groups in total. The molecule has 0 aromatic heterocycles. The van der Waals surface area contributed by atoms with Crippen LogP contribution in [0, 0.1) is 0 Å². The van der Waals surface area contributed by atoms with Crippen molar-refractivity contribution in [2.75, 3.05) is 6.61 Å². The van der Waals surface area contributed by atoms with E-state index in [2.05, 4.69) is 50.4 Å². The van der Waals surface area contributed by atoms with Crippen LogP contribution in [0.2, 0.25) is 0 Å². The van der Waals surface area contributed by atoms with Gasteiger partial charge in [0.15, 0.2) is 0 Å². The lowest BCUT2D eigenvalue weighted by molar-refractivity contribution is -0.151. The zero-order valence-electron chi connectivity index (χ0n) is 39.3. The van der Waals surface area contributed by atoms with Gasteiger partial charge >= 0.3 is 5.97 Å². The van der Waals surface area contributed by atoms with Gasteiger partial charge in [0.1, 0.15) is 6.10 Å². The van der Waals surface area contributed by atoms with Gasteiger partial charge in [0, 0.05) is 6.42 Å². The summed E-state index contributed by atoms with van der Waals surface area (Å²) in [6.07, 6.45) is 59.5. The van der Waals surface area contributed by atoms with E-state index in [4.69, 9.17) is 4.74 Å². The van der Waals surface area contributed by atoms with E-state index in [0.717, 1.165) is 70.6 Å². The number of unbranched alkanes of at least 4 members (excludes halogenated alkanes) is 25. The molecule has 0 aliphatic rings. The van der Waals surface area contributed by atoms with Crippen molar-refractivity contribution in [2.45, 2.75) is 251 Å². The van der Waals surface area contributed by atoms with E-state index in [1.54, 1.807) is 0 Å². The minimum Gasteiger partial charge on any atom is -0.462 e. The Morgan fingerprint density at radius 3 is 1.35 bits per heavy atom. The highest BCUT2D eigenvalue weighted by Gasteiger charge is 2.24. The molecule has 0 saturated carbocycles. The third-order valence-corrected chi connectivity index (χ3v) is 11.2. The Morgan fingerprint density at radius 1 is 0.500 bits per heavy atom. The highest BCUT2D eigenvalue weighted by molar-refractivity contribution is 5.77. The molecular formula is C54H95NO5. The number of hydrogen-bond donors (Lipinski definition) is 3. The summed E-state index contributed by atoms with van der Waals surface area (Å²) in [6, 6.07) is -0.711. The molecule has 6 heteroatoms. The second-order valence-electron chi connectivity index (χ2n) is 17.0. The van der Waals surface area contributed by atoms with Gasteiger partial charge in [-0.05, 0) is 44.9 Å². The van der Waals surface area contributed by atoms with Crippen LogP contribution in [0.5, 0.6) is 0 Å². The molecule has 0 aliphatic carbocycles. The minimum atomic E-state index is -0.796. The molecule has 0 heterocycles. The van der Waals surface area contributed by atoms with Crippen molar-refractivity contribution < 1.29 is 24.5 Å². The lowest BCUT2D eigenvalue weighted by Crippen LogP contribution is -2.46. The van der Waals surface area contributed by atoms with Crippen molar-refractivity contribution in [2.24, 2.45) is 0 Å². The molecule has 3 unspecified atom stereocenters. The maximum Gasteiger partial charge on any atom is 0.306 e. The maximum atomic E-state index is 13.2. The molecule has 0 radical (unpaired) electrons. The number of aliphatic hydroxyl groups excluding tert-OH is 2. The fourth-order valence-electron chi connectivity index (χ4n) is 7.40. The van der Waals surface area contributed by atoms with Crippen LogP contribution in [0.15, 0.2) is 72.9 Å². The Labute approximate surface area is 371 Å². The highest BCUT2D eigenvalue weighted by atomic mass is 16.5. The van der Waals surface area contributed by atoms with Crippen LogP contribution >= 0.6 is 0 Å². The fourth-order valence-corrected chi connectivity index (χ4v) is 7.40. The lowest BCUT2D eigenvalue weighted by atomic mass is 10.0. The molecule has 0 aromatic rings. The molecule has 0 bridgehead atoms. The number of ether oxygens (including phenoxy) is 1. The predicted molar refractivity (Wildman–Crippen MR) is 259 cm³/mol. The Morgan fingerprint density at radius 2 is 0.900 bits per heavy atom. The van der Waals surface area contributed by atoms with Gasteiger partial charge in [-0.3, -0.25) is 9.59 Å². The van der Waals surface area contributed by atoms with Crippen LogP contribution in [0.3, 0.4) is 0 Å². The topological polar surface area (TPSA) is 95.9 Å². The lowest BCUT2D eigenvalue weighted by Gasteiger charge is -2.24. The quantitative estimate of drug-likeness (QED) is 0.0323. The van der Waals surface area contributed by atoms with Crippen molar-refractivity contribution in [3.8, 4) is 0 Å². The van der Waals surface area contributed by atoms with Crippen molar-refractivity contribution in [1.29, 1.82) is 0 Å². The summed E-state index contributed by atoms with van der Waals surface area (Å²) in [7, 11) is 0. The first kappa shape index (κ1) is 57.3. The number of nitrogens with one attached hydrogen (secondary N) is 1. The number of allylic oxidation sites excluding steroid dienone is 12. The third kappa shape index (κ3) is 42.0. The number of carbonyl (C=O) groups excluding carboxylic acids is 2. The monoisotopic (exact) mass is 838 g/mol. The molecule has 346 valence electrons. The number of rotatable bonds is 44. The number of carbonyl (C=O) groups is 2. The van der Waals surface area contributed by atoms with Gasteiger partial charge in [0.25, 0.3) is 0 Å². The van der Waals surface area contributed by atoms with Crippen LogP contribution in [0.1, 0.15) is 233 Å². The second kappa shape index (κ2) is 47.4. The number of aliphatic hydroxyl groups is 2. The molecular weight excluding hydrogens is 743 g/mol. The van der Waals surface area contributed by atoms with Gasteiger partial charge in [-0.15, -0.1) is 0 Å². The molecule has 0 aromatic carbocycles. The Balaban J connectivity index is 4.66. The van der Waals surface area contributed by atoms with Crippen LogP contribution in [0.4, 0.5) is 0 Å². The zero-order chi connectivity index (χ0) is 43.8. The van der Waals surface area contributed by atoms with Crippen molar-refractivity contribution in [3.63, 3.8) is 0 Å². The SMILES string of the molecule is CC\C=C/C=C/C=C/C=C\C=C\C=C\CCCCCC(=O)OC(CCCCCCCCCCCCCC)CC(=O)NC(CO)C(O)CCCCCCCCCCCCCC. The van der Waals surface area contributed by atoms with E-state index < -0.39 is 18.2 Å². The number of esters is 1. The summed E-state index contributed by atoms with van der Waals surface area (Å²) in [4.78, 5) is 26.1. The molecule has 0 saturated heterocycles. The molecule has 0 rings (SSSR count). The summed E-state index contributed by atoms with van der Waals surface area (Å²) in [6.45, 7) is 6.32. The maximum absolute atomic E-state index is 13.2. The second-order valence-corrected chi connectivity index (χ2v) is 17.0. The third-order valence-electron chi connectivity index (χ3n) is 11.2. The van der Waals surface area contributed by atoms with Gasteiger partial charge in [-0.1, -0.05) is 248 Å². The van der Waals surface area contributed by atoms with Gasteiger partial charge in [-0.25, -0.2) is 0 Å². The molecule has 1 amide bonds. The highest BCUT2D eigenvalue weighted by Crippen LogP contribution is 2.18. The molecule has 60 heavy (non-hydrogen) atoms. The van der Waals surface area contributed by atoms with Crippen LogP contribution in [0.25, 0.3) is 0 Å². The van der Waals surface area contributed by atoms with E-state index in [9.17, 15) is 19.8 Å². The summed E-state index contributed by atoms with van der Waals surface area (Å²) in [5.74, 6) is -0.523. The standard InChI is InChI=1S/C54H95NO5/c1-4-7-10-13-16-19-22-25-26-27-28-29-32-35-38-41-44-47-54(59)60-50(45-42-39-36-33-30-23-20-17-14-11-8-5-2)48-53(58)55-51(49-56)52(57)46-43-40-37-34-31-24-21-18-15-12-9-6-3/h7,10,13,16,19,22,25-29,32,50-52,56-57H,4-6,8-9,11-12,14-15,17-18,20-21,23-24,30-31,33-49H2,1-3H3,(H,55,58)/b10-7-,16-13+,22-19+,26-25-,28-27+,32-29+. The predicted octanol–water partition coefficient (Wildman–Crippen LogP) is 15.0. The van der Waals surface area contributed by atoms with E-state index in [0.29, 0.717) is 19.3 Å². The molecule has 0 spiro atoms. The van der Waals surface area contributed by atoms with Crippen LogP contribution in [-0.4, -0.2) is 46.9 Å². The summed E-state index contributed by atoms with van der Waals surface area (Å²) < 4.78 is 5.91. The van der Waals surface area contributed by atoms with E-state index in [-0.39, 0.29) is 24.9 Å². The van der Waals surface area contributed by atoms with Crippen molar-refractivity contribution in [1.82, 2.24) is 5.32 Å². The first-order valence-corrected chi connectivity index (χ1v) is 25.2. The summed E-state index contributed by atoms with van der Waals surface area (Å²) in [5.41, 5.74) is 0. The molecule has 0 aliphatic heterocycles. The van der Waals surface area contributed by atoms with Crippen molar-refractivity contribution in [3.05, 3.63) is 72.9 Å². The Bertz CT molecular complexity index is 1120. The molecule has 6 nitrogen and oxygen atoms in total. The Hall–Kier alpha value is -2.70. The van der Waals surface area contributed by atoms with E-state index in [1.807, 2.05) is 48.6 Å². The van der Waals surface area contributed by atoms with E-state index in [1.165, 1.54) is 116 Å². The average Bonchev–Trinajstić information content (AvgIpc) is 3.24. The first-order valence-electron chi connectivity index (χ1n) is 25.2. The average molecular weight is 838 g/mol. The van der Waals surface area contributed by atoms with Gasteiger partial charge in [-0.2, -0.15) is 0 Å². The molecule has 0 fully saturated rings. The van der Waals surface area contributed by atoms with Crippen LogP contribution < -0.4 is 5.32 Å². The Kier molecular flexibility index (Phi) is 45.2. The number of hydrogen-bond acceptors (Lipinski definition) is 5. The zero-order valence-corrected chi connectivity index (χ0v) is 39.3. The fraction of sp³-hybridized carbons (Fsp3) is 0.741. The normalized spacial score (nSPS) is 13.9. The minimum absolute atomic E-state index is 0.0586. The van der Waals surface area contributed by atoms with Crippen molar-refractivity contribution >= 4 is 11.9 Å². The van der Waals surface area contributed by atoms with E-state index >= 15 is 0 Å². The first-order chi connectivity index (χ1) is 29.5. The summed E-state index contributed by atoms with van der Waals surface area (Å²) in [5, 5.41) is 23.7. The van der Waals surface area contributed by atoms with Gasteiger partial charge < -0.3 is 20.3 Å². The number of amides is 1. The van der Waals surface area contributed by atoms with Crippen LogP contribution in [-0.2, 0) is 14.3 Å². The summed E-state index contributed by atoms with van der Waals surface area (Å²) >= 11 is 0. The smallest absolute Gasteiger partial charge is 0.306 e. The van der Waals surface area contributed by atoms with Gasteiger partial charge in [0.05, 0.1) is 25.2 Å². The molecule has 3 atom stereocenters. The van der Waals surface area contributed by atoms with Gasteiger partial charge in [0.2, 0.25) is 5.91 Å².